The Morgan fingerprint density at radius 2 is 1.71 bits per heavy atom. The number of H-pyrrole nitrogens is 1. The molecule has 0 unspecified atom stereocenters. The number of benzene rings is 1. The SMILES string of the molecule is CC(C)NC(=O)O[C@@H]1CC[C@H](c2cc(NC(=O)c3cc(COCCCCCCCCCc4ccc5c(c4)n(C)c(=O)n5[C@H]4CCC(=O)NC4=O)nn3C)n[nH]2)C1. The molecule has 1 saturated heterocycles. The number of amides is 4. The van der Waals surface area contributed by atoms with Crippen molar-refractivity contribution < 1.29 is 28.7 Å². The van der Waals surface area contributed by atoms with Crippen LogP contribution in [0.3, 0.4) is 0 Å². The molecule has 1 aliphatic heterocycles. The van der Waals surface area contributed by atoms with Gasteiger partial charge in [0.15, 0.2) is 5.82 Å². The summed E-state index contributed by atoms with van der Waals surface area (Å²) in [6, 6.07) is 8.91. The average Bonchev–Trinajstić information content (AvgIpc) is 3.94. The van der Waals surface area contributed by atoms with E-state index in [1.54, 1.807) is 29.4 Å². The Hall–Kier alpha value is -5.25. The van der Waals surface area contributed by atoms with Crippen molar-refractivity contribution in [3.63, 3.8) is 0 Å². The molecule has 0 bridgehead atoms. The molecule has 0 radical (unpaired) electrons. The van der Waals surface area contributed by atoms with E-state index in [0.717, 1.165) is 81.0 Å². The minimum Gasteiger partial charge on any atom is -0.446 e. The third-order valence-corrected chi connectivity index (χ3v) is 10.7. The molecule has 3 atom stereocenters. The van der Waals surface area contributed by atoms with Crippen molar-refractivity contribution >= 4 is 40.7 Å². The second-order valence-corrected chi connectivity index (χ2v) is 15.4. The maximum atomic E-state index is 13.0. The number of hydrogen-bond donors (Lipinski definition) is 4. The maximum Gasteiger partial charge on any atom is 0.407 e. The van der Waals surface area contributed by atoms with Crippen LogP contribution in [-0.2, 0) is 46.2 Å². The first-order valence-corrected chi connectivity index (χ1v) is 19.9. The highest BCUT2D eigenvalue weighted by atomic mass is 16.6. The number of aromatic nitrogens is 6. The first-order valence-electron chi connectivity index (χ1n) is 19.9. The van der Waals surface area contributed by atoms with Crippen LogP contribution in [0.25, 0.3) is 11.0 Å². The molecule has 16 heteroatoms. The zero-order valence-corrected chi connectivity index (χ0v) is 32.9. The zero-order chi connectivity index (χ0) is 39.8. The van der Waals surface area contributed by atoms with Gasteiger partial charge in [-0.1, -0.05) is 38.2 Å². The number of nitrogens with zero attached hydrogens (tertiary/aromatic N) is 5. The molecule has 16 nitrogen and oxygen atoms in total. The predicted octanol–water partition coefficient (Wildman–Crippen LogP) is 5.29. The van der Waals surface area contributed by atoms with Crippen LogP contribution in [0.2, 0.25) is 0 Å². The van der Waals surface area contributed by atoms with Crippen LogP contribution in [0.1, 0.15) is 130 Å². The number of rotatable bonds is 18. The van der Waals surface area contributed by atoms with Crippen LogP contribution in [0.4, 0.5) is 10.6 Å². The number of carbonyl (C=O) groups is 4. The van der Waals surface area contributed by atoms with Gasteiger partial charge in [-0.15, -0.1) is 0 Å². The number of carbonyl (C=O) groups excluding carboxylic acids is 4. The summed E-state index contributed by atoms with van der Waals surface area (Å²) in [4.78, 5) is 62.1. The number of alkyl carbamates (subject to hydrolysis) is 1. The summed E-state index contributed by atoms with van der Waals surface area (Å²) in [6.07, 6.45) is 10.9. The molecule has 2 fully saturated rings. The molecule has 4 amide bonds. The van der Waals surface area contributed by atoms with E-state index in [1.165, 1.54) is 4.57 Å². The third-order valence-electron chi connectivity index (χ3n) is 10.7. The molecule has 1 aliphatic carbocycles. The highest BCUT2D eigenvalue weighted by Crippen LogP contribution is 2.36. The Morgan fingerprint density at radius 1 is 0.946 bits per heavy atom. The topological polar surface area (TPSA) is 196 Å². The molecular formula is C40H55N9O7. The molecule has 302 valence electrons. The summed E-state index contributed by atoms with van der Waals surface area (Å²) >= 11 is 0. The fourth-order valence-electron chi connectivity index (χ4n) is 7.74. The lowest BCUT2D eigenvalue weighted by molar-refractivity contribution is -0.135. The van der Waals surface area contributed by atoms with Gasteiger partial charge in [0, 0.05) is 50.8 Å². The molecule has 4 heterocycles. The highest BCUT2D eigenvalue weighted by molar-refractivity contribution is 6.02. The number of aromatic amines is 1. The largest absolute Gasteiger partial charge is 0.446 e. The Balaban J connectivity index is 0.833. The maximum absolute atomic E-state index is 13.0. The normalized spacial score (nSPS) is 18.5. The van der Waals surface area contributed by atoms with Gasteiger partial charge in [0.05, 0.1) is 23.3 Å². The standard InChI is InChI=1S/C40H55N9O7/c1-25(2)41-39(53)56-29-15-14-27(21-29)30-23-35(45-44-30)42-38(52)34-22-28(46-48(34)4)24-55-19-11-9-7-5-6-8-10-12-26-13-16-31-33(20-26)47(3)40(54)49(31)32-17-18-36(50)43-37(32)51/h13,16,20,22-23,25,27,29,32H,5-12,14-15,17-19,21,24H2,1-4H3,(H,41,53)(H,43,50,51)(H2,42,44,45,52)/t27-,29+,32-/m0/s1. The van der Waals surface area contributed by atoms with Gasteiger partial charge >= 0.3 is 11.8 Å². The van der Waals surface area contributed by atoms with Crippen molar-refractivity contribution in [2.45, 2.75) is 128 Å². The minimum absolute atomic E-state index is 0.0208. The first kappa shape index (κ1) is 40.4. The van der Waals surface area contributed by atoms with Gasteiger partial charge in [-0.25, -0.2) is 9.59 Å². The summed E-state index contributed by atoms with van der Waals surface area (Å²) in [7, 11) is 3.45. The number of hydrogen-bond acceptors (Lipinski definition) is 9. The number of ether oxygens (including phenoxy) is 2. The van der Waals surface area contributed by atoms with Gasteiger partial charge in [0.2, 0.25) is 11.8 Å². The van der Waals surface area contributed by atoms with E-state index in [0.29, 0.717) is 48.8 Å². The molecule has 1 aromatic carbocycles. The lowest BCUT2D eigenvalue weighted by Gasteiger charge is -2.21. The van der Waals surface area contributed by atoms with Crippen molar-refractivity contribution in [2.24, 2.45) is 14.1 Å². The van der Waals surface area contributed by atoms with Crippen molar-refractivity contribution in [3.05, 3.63) is 63.5 Å². The van der Waals surface area contributed by atoms with Gasteiger partial charge in [0.1, 0.15) is 17.8 Å². The summed E-state index contributed by atoms with van der Waals surface area (Å²) in [6.45, 7) is 4.74. The minimum atomic E-state index is -0.675. The number of aryl methyl sites for hydroxylation is 3. The molecule has 0 spiro atoms. The quantitative estimate of drug-likeness (QED) is 0.0768. The third kappa shape index (κ3) is 10.1. The van der Waals surface area contributed by atoms with Crippen LogP contribution < -0.4 is 21.6 Å². The van der Waals surface area contributed by atoms with Gasteiger partial charge in [-0.05, 0) is 82.6 Å². The Bertz CT molecular complexity index is 2080. The van der Waals surface area contributed by atoms with E-state index in [1.807, 2.05) is 38.1 Å². The molecule has 4 N–H and O–H groups in total. The monoisotopic (exact) mass is 773 g/mol. The highest BCUT2D eigenvalue weighted by Gasteiger charge is 2.32. The van der Waals surface area contributed by atoms with Crippen LogP contribution in [0, 0.1) is 0 Å². The van der Waals surface area contributed by atoms with E-state index in [2.05, 4.69) is 31.2 Å². The molecule has 3 aromatic heterocycles. The molecule has 4 aromatic rings. The summed E-state index contributed by atoms with van der Waals surface area (Å²) in [5.41, 5.74) is 4.42. The molecule has 2 aliphatic rings. The van der Waals surface area contributed by atoms with Crippen molar-refractivity contribution in [1.29, 1.82) is 0 Å². The first-order chi connectivity index (χ1) is 27.0. The molecule has 56 heavy (non-hydrogen) atoms. The van der Waals surface area contributed by atoms with Crippen LogP contribution in [0.15, 0.2) is 35.1 Å². The second-order valence-electron chi connectivity index (χ2n) is 15.4. The smallest absolute Gasteiger partial charge is 0.407 e. The van der Waals surface area contributed by atoms with E-state index < -0.39 is 18.0 Å². The average molecular weight is 774 g/mol. The summed E-state index contributed by atoms with van der Waals surface area (Å²) in [5.74, 6) is -0.433. The number of anilines is 1. The van der Waals surface area contributed by atoms with Crippen molar-refractivity contribution in [1.82, 2.24) is 39.7 Å². The van der Waals surface area contributed by atoms with E-state index in [9.17, 15) is 24.0 Å². The molecular weight excluding hydrogens is 718 g/mol. The lowest BCUT2D eigenvalue weighted by Crippen LogP contribution is -2.44. The molecule has 6 rings (SSSR count). The fourth-order valence-corrected chi connectivity index (χ4v) is 7.74. The Labute approximate surface area is 326 Å². The van der Waals surface area contributed by atoms with E-state index >= 15 is 0 Å². The number of piperidine rings is 1. The predicted molar refractivity (Wildman–Crippen MR) is 209 cm³/mol. The number of nitrogens with one attached hydrogen (secondary N) is 4. The van der Waals surface area contributed by atoms with Crippen molar-refractivity contribution in [2.75, 3.05) is 11.9 Å². The van der Waals surface area contributed by atoms with Crippen LogP contribution in [-0.4, -0.2) is 71.7 Å². The Morgan fingerprint density at radius 3 is 2.48 bits per heavy atom. The lowest BCUT2D eigenvalue weighted by atomic mass is 10.0. The number of unbranched alkanes of at least 4 members (excludes halogenated alkanes) is 6. The van der Waals surface area contributed by atoms with Crippen molar-refractivity contribution in [3.8, 4) is 0 Å². The van der Waals surface area contributed by atoms with Gasteiger partial charge in [0.25, 0.3) is 5.91 Å². The van der Waals surface area contributed by atoms with Gasteiger partial charge in [-0.3, -0.25) is 38.6 Å². The van der Waals surface area contributed by atoms with Crippen LogP contribution >= 0.6 is 0 Å². The number of imidazole rings is 1. The molecule has 1 saturated carbocycles. The summed E-state index contributed by atoms with van der Waals surface area (Å²) in [5, 5.41) is 19.7. The van der Waals surface area contributed by atoms with Crippen LogP contribution in [0.5, 0.6) is 0 Å². The zero-order valence-electron chi connectivity index (χ0n) is 32.9. The van der Waals surface area contributed by atoms with Gasteiger partial charge in [-0.2, -0.15) is 10.2 Å². The van der Waals surface area contributed by atoms with E-state index in [-0.39, 0.29) is 42.0 Å². The fraction of sp³-hybridized carbons (Fsp3) is 0.575. The van der Waals surface area contributed by atoms with Gasteiger partial charge < -0.3 is 20.1 Å². The van der Waals surface area contributed by atoms with E-state index in [4.69, 9.17) is 9.47 Å². The Kier molecular flexibility index (Phi) is 13.4. The summed E-state index contributed by atoms with van der Waals surface area (Å²) < 4.78 is 16.0. The number of fused-ring (bicyclic) bond motifs is 1. The number of imide groups is 1. The second kappa shape index (κ2) is 18.6.